The van der Waals surface area contributed by atoms with E-state index in [9.17, 15) is 0 Å². The van der Waals surface area contributed by atoms with E-state index >= 15 is 0 Å². The van der Waals surface area contributed by atoms with Gasteiger partial charge in [-0.25, -0.2) is 0 Å². The molecule has 2 aliphatic heterocycles. The summed E-state index contributed by atoms with van der Waals surface area (Å²) in [5.74, 6) is 0. The minimum atomic E-state index is 0.761. The van der Waals surface area contributed by atoms with Crippen molar-refractivity contribution in [2.75, 3.05) is 33.2 Å². The highest BCUT2D eigenvalue weighted by molar-refractivity contribution is 5.14. The number of likely N-dealkylation sites (N-methyl/N-ethyl adjacent to an activating group) is 1. The Balaban J connectivity index is 1.58. The zero-order valence-corrected chi connectivity index (χ0v) is 13.3. The predicted molar refractivity (Wildman–Crippen MR) is 88.4 cm³/mol. The van der Waals surface area contributed by atoms with E-state index in [1.54, 1.807) is 0 Å². The first-order chi connectivity index (χ1) is 10.4. The highest BCUT2D eigenvalue weighted by Crippen LogP contribution is 2.25. The van der Waals surface area contributed by atoms with Gasteiger partial charge in [0.1, 0.15) is 0 Å². The Morgan fingerprint density at radius 1 is 1.10 bits per heavy atom. The summed E-state index contributed by atoms with van der Waals surface area (Å²) in [4.78, 5) is 5.44. The van der Waals surface area contributed by atoms with Gasteiger partial charge in [0.15, 0.2) is 0 Å². The van der Waals surface area contributed by atoms with Crippen molar-refractivity contribution in [3.8, 4) is 0 Å². The molecule has 0 aromatic heterocycles. The van der Waals surface area contributed by atoms with Crippen LogP contribution in [0.4, 0.5) is 0 Å². The van der Waals surface area contributed by atoms with Gasteiger partial charge in [-0.05, 0) is 51.4 Å². The molecule has 1 N–H and O–H groups in total. The molecule has 3 rings (SSSR count). The van der Waals surface area contributed by atoms with Crippen molar-refractivity contribution in [1.82, 2.24) is 15.1 Å². The van der Waals surface area contributed by atoms with Crippen molar-refractivity contribution in [1.29, 1.82) is 0 Å². The van der Waals surface area contributed by atoms with Gasteiger partial charge >= 0.3 is 0 Å². The van der Waals surface area contributed by atoms with Gasteiger partial charge < -0.3 is 5.32 Å². The molecule has 3 nitrogen and oxygen atoms in total. The summed E-state index contributed by atoms with van der Waals surface area (Å²) in [5.41, 5.74) is 1.45. The monoisotopic (exact) mass is 287 g/mol. The lowest BCUT2D eigenvalue weighted by Gasteiger charge is -2.40. The van der Waals surface area contributed by atoms with Gasteiger partial charge in [0.2, 0.25) is 0 Å². The Kier molecular flexibility index (Phi) is 5.28. The summed E-state index contributed by atoms with van der Waals surface area (Å²) >= 11 is 0. The number of benzene rings is 1. The molecule has 0 aliphatic carbocycles. The van der Waals surface area contributed by atoms with Crippen LogP contribution in [0.1, 0.15) is 31.2 Å². The van der Waals surface area contributed by atoms with E-state index in [0.29, 0.717) is 0 Å². The molecular formula is C18H29N3. The SMILES string of the molecule is CNCC1CCCN1C1CCCN(Cc2ccccc2)C1. The Labute approximate surface area is 129 Å². The van der Waals surface area contributed by atoms with E-state index in [0.717, 1.165) is 25.2 Å². The van der Waals surface area contributed by atoms with E-state index in [4.69, 9.17) is 0 Å². The average molecular weight is 287 g/mol. The second kappa shape index (κ2) is 7.39. The summed E-state index contributed by atoms with van der Waals surface area (Å²) in [7, 11) is 2.08. The number of nitrogens with zero attached hydrogens (tertiary/aromatic N) is 2. The van der Waals surface area contributed by atoms with Gasteiger partial charge in [-0.15, -0.1) is 0 Å². The molecule has 2 unspecified atom stereocenters. The van der Waals surface area contributed by atoms with Crippen molar-refractivity contribution < 1.29 is 0 Å². The van der Waals surface area contributed by atoms with Crippen LogP contribution in [0.15, 0.2) is 30.3 Å². The summed E-state index contributed by atoms with van der Waals surface area (Å²) in [6, 6.07) is 12.4. The van der Waals surface area contributed by atoms with Crippen LogP contribution in [0.3, 0.4) is 0 Å². The van der Waals surface area contributed by atoms with E-state index in [2.05, 4.69) is 52.5 Å². The van der Waals surface area contributed by atoms with Crippen LogP contribution in [0.2, 0.25) is 0 Å². The summed E-state index contributed by atoms with van der Waals surface area (Å²) < 4.78 is 0. The summed E-state index contributed by atoms with van der Waals surface area (Å²) in [6.45, 7) is 6.07. The third-order valence-electron chi connectivity index (χ3n) is 5.06. The van der Waals surface area contributed by atoms with Gasteiger partial charge in [0, 0.05) is 31.7 Å². The lowest BCUT2D eigenvalue weighted by Crippen LogP contribution is -2.51. The van der Waals surface area contributed by atoms with E-state index < -0.39 is 0 Å². The molecular weight excluding hydrogens is 258 g/mol. The molecule has 1 aromatic rings. The fourth-order valence-electron chi connectivity index (χ4n) is 4.08. The molecule has 1 aromatic carbocycles. The average Bonchev–Trinajstić information content (AvgIpc) is 2.97. The molecule has 2 fully saturated rings. The van der Waals surface area contributed by atoms with Crippen molar-refractivity contribution >= 4 is 0 Å². The minimum absolute atomic E-state index is 0.761. The number of likely N-dealkylation sites (tertiary alicyclic amines) is 2. The second-order valence-electron chi connectivity index (χ2n) is 6.61. The number of hydrogen-bond donors (Lipinski definition) is 1. The lowest BCUT2D eigenvalue weighted by molar-refractivity contribution is 0.0845. The highest BCUT2D eigenvalue weighted by atomic mass is 15.3. The lowest BCUT2D eigenvalue weighted by atomic mass is 10.0. The van der Waals surface area contributed by atoms with Crippen LogP contribution in [0.25, 0.3) is 0 Å². The van der Waals surface area contributed by atoms with Crippen LogP contribution in [0.5, 0.6) is 0 Å². The molecule has 0 spiro atoms. The van der Waals surface area contributed by atoms with Gasteiger partial charge in [-0.1, -0.05) is 30.3 Å². The predicted octanol–water partition coefficient (Wildman–Crippen LogP) is 2.33. The van der Waals surface area contributed by atoms with Crippen molar-refractivity contribution in [3.05, 3.63) is 35.9 Å². The molecule has 0 radical (unpaired) electrons. The quantitative estimate of drug-likeness (QED) is 0.897. The van der Waals surface area contributed by atoms with Crippen LogP contribution in [0, 0.1) is 0 Å². The molecule has 0 saturated carbocycles. The first-order valence-electron chi connectivity index (χ1n) is 8.53. The largest absolute Gasteiger partial charge is 0.318 e. The normalized spacial score (nSPS) is 28.0. The minimum Gasteiger partial charge on any atom is -0.318 e. The Bertz CT molecular complexity index is 420. The molecule has 21 heavy (non-hydrogen) atoms. The van der Waals surface area contributed by atoms with Gasteiger partial charge in [-0.3, -0.25) is 9.80 Å². The Morgan fingerprint density at radius 3 is 2.71 bits per heavy atom. The fraction of sp³-hybridized carbons (Fsp3) is 0.667. The van der Waals surface area contributed by atoms with Crippen LogP contribution in [-0.4, -0.2) is 55.1 Å². The van der Waals surface area contributed by atoms with Crippen LogP contribution < -0.4 is 5.32 Å². The fourth-order valence-corrected chi connectivity index (χ4v) is 4.08. The van der Waals surface area contributed by atoms with Crippen molar-refractivity contribution in [3.63, 3.8) is 0 Å². The molecule has 2 aliphatic rings. The van der Waals surface area contributed by atoms with Crippen LogP contribution >= 0.6 is 0 Å². The molecule has 116 valence electrons. The van der Waals surface area contributed by atoms with E-state index in [1.807, 2.05) is 0 Å². The van der Waals surface area contributed by atoms with Crippen LogP contribution in [-0.2, 0) is 6.54 Å². The molecule has 2 heterocycles. The maximum Gasteiger partial charge on any atom is 0.0234 e. The van der Waals surface area contributed by atoms with Gasteiger partial charge in [0.25, 0.3) is 0 Å². The standard InChI is InChI=1S/C18H29N3/c1-19-13-17-9-6-12-21(17)18-10-5-11-20(15-18)14-16-7-3-2-4-8-16/h2-4,7-8,17-19H,5-6,9-15H2,1H3. The maximum absolute atomic E-state index is 3.37. The number of piperidine rings is 1. The Morgan fingerprint density at radius 2 is 1.90 bits per heavy atom. The molecule has 2 atom stereocenters. The van der Waals surface area contributed by atoms with E-state index in [1.165, 1.54) is 50.9 Å². The van der Waals surface area contributed by atoms with Crippen molar-refractivity contribution in [2.24, 2.45) is 0 Å². The smallest absolute Gasteiger partial charge is 0.0234 e. The molecule has 3 heteroatoms. The third-order valence-corrected chi connectivity index (χ3v) is 5.06. The molecule has 0 amide bonds. The number of rotatable bonds is 5. The first kappa shape index (κ1) is 15.0. The topological polar surface area (TPSA) is 18.5 Å². The summed E-state index contributed by atoms with van der Waals surface area (Å²) in [6.07, 6.45) is 5.48. The van der Waals surface area contributed by atoms with Crippen molar-refractivity contribution in [2.45, 2.75) is 44.3 Å². The van der Waals surface area contributed by atoms with Gasteiger partial charge in [0.05, 0.1) is 0 Å². The molecule has 0 bridgehead atoms. The van der Waals surface area contributed by atoms with Gasteiger partial charge in [-0.2, -0.15) is 0 Å². The zero-order valence-electron chi connectivity index (χ0n) is 13.3. The number of hydrogen-bond acceptors (Lipinski definition) is 3. The first-order valence-corrected chi connectivity index (χ1v) is 8.53. The Hall–Kier alpha value is -0.900. The molecule has 2 saturated heterocycles. The van der Waals surface area contributed by atoms with E-state index in [-0.39, 0.29) is 0 Å². The number of nitrogens with one attached hydrogen (secondary N) is 1. The highest BCUT2D eigenvalue weighted by Gasteiger charge is 2.32. The maximum atomic E-state index is 3.37. The summed E-state index contributed by atoms with van der Waals surface area (Å²) in [5, 5.41) is 3.37. The third kappa shape index (κ3) is 3.85. The zero-order chi connectivity index (χ0) is 14.5. The second-order valence-corrected chi connectivity index (χ2v) is 6.61.